The number of carbonyl (C=O) groups excluding carboxylic acids is 2. The summed E-state index contributed by atoms with van der Waals surface area (Å²) >= 11 is 0. The van der Waals surface area contributed by atoms with Gasteiger partial charge in [-0.25, -0.2) is 0 Å². The number of hydrogen-bond acceptors (Lipinski definition) is 6. The van der Waals surface area contributed by atoms with E-state index in [1.54, 1.807) is 0 Å². The van der Waals surface area contributed by atoms with Gasteiger partial charge in [0, 0.05) is 39.3 Å². The Morgan fingerprint density at radius 1 is 0.750 bits per heavy atom. The SMILES string of the molecule is CCCCNC1=C(N2CC2)C(=O)C(NCCCC)=C(N2CC2)C1=O. The third kappa shape index (κ3) is 3.42. The van der Waals surface area contributed by atoms with Crippen LogP contribution in [0.1, 0.15) is 39.5 Å². The molecule has 6 heteroatoms. The van der Waals surface area contributed by atoms with E-state index >= 15 is 0 Å². The molecule has 0 radical (unpaired) electrons. The highest BCUT2D eigenvalue weighted by Gasteiger charge is 2.43. The zero-order valence-electron chi connectivity index (χ0n) is 14.8. The number of rotatable bonds is 10. The maximum absolute atomic E-state index is 13.1. The van der Waals surface area contributed by atoms with Crippen molar-refractivity contribution in [2.75, 3.05) is 39.3 Å². The van der Waals surface area contributed by atoms with Crippen molar-refractivity contribution < 1.29 is 9.59 Å². The van der Waals surface area contributed by atoms with Crippen LogP contribution in [0.5, 0.6) is 0 Å². The quantitative estimate of drug-likeness (QED) is 0.353. The smallest absolute Gasteiger partial charge is 0.229 e. The van der Waals surface area contributed by atoms with Crippen molar-refractivity contribution in [1.29, 1.82) is 0 Å². The maximum Gasteiger partial charge on any atom is 0.229 e. The standard InChI is InChI=1S/C18H28N4O2/c1-3-5-7-19-13-15(21-9-10-21)18(24)14(20-8-6-4-2)16(17(13)23)22-11-12-22/h19-20H,3-12H2,1-2H3. The first-order valence-corrected chi connectivity index (χ1v) is 9.24. The molecule has 3 aliphatic rings. The average Bonchev–Trinajstić information content (AvgIpc) is 3.45. The van der Waals surface area contributed by atoms with Gasteiger partial charge in [-0.1, -0.05) is 26.7 Å². The van der Waals surface area contributed by atoms with Crippen LogP contribution in [0.4, 0.5) is 0 Å². The van der Waals surface area contributed by atoms with Gasteiger partial charge in [0.25, 0.3) is 0 Å². The van der Waals surface area contributed by atoms with Crippen LogP contribution in [-0.2, 0) is 9.59 Å². The second kappa shape index (κ2) is 7.28. The number of hydrogen-bond donors (Lipinski definition) is 2. The van der Waals surface area contributed by atoms with Crippen molar-refractivity contribution in [2.45, 2.75) is 39.5 Å². The van der Waals surface area contributed by atoms with E-state index in [4.69, 9.17) is 0 Å². The summed E-state index contributed by atoms with van der Waals surface area (Å²) in [5, 5.41) is 6.51. The first-order valence-electron chi connectivity index (χ1n) is 9.24. The molecule has 2 heterocycles. The summed E-state index contributed by atoms with van der Waals surface area (Å²) < 4.78 is 0. The van der Waals surface area contributed by atoms with E-state index in [1.165, 1.54) is 0 Å². The van der Waals surface area contributed by atoms with E-state index in [2.05, 4.69) is 24.5 Å². The fraction of sp³-hybridized carbons (Fsp3) is 0.667. The molecule has 0 amide bonds. The minimum atomic E-state index is -0.0240. The van der Waals surface area contributed by atoms with Crippen LogP contribution in [-0.4, -0.2) is 60.6 Å². The van der Waals surface area contributed by atoms with Gasteiger partial charge in [0.1, 0.15) is 22.8 Å². The third-order valence-electron chi connectivity index (χ3n) is 4.55. The third-order valence-corrected chi connectivity index (χ3v) is 4.55. The summed E-state index contributed by atoms with van der Waals surface area (Å²) in [6, 6.07) is 0. The van der Waals surface area contributed by atoms with Gasteiger partial charge in [-0.15, -0.1) is 0 Å². The second-order valence-electron chi connectivity index (χ2n) is 6.64. The molecule has 2 fully saturated rings. The van der Waals surface area contributed by atoms with Gasteiger partial charge in [-0.2, -0.15) is 0 Å². The molecular weight excluding hydrogens is 304 g/mol. The first kappa shape index (κ1) is 16.9. The lowest BCUT2D eigenvalue weighted by atomic mass is 9.98. The predicted molar refractivity (Wildman–Crippen MR) is 93.0 cm³/mol. The van der Waals surface area contributed by atoms with Crippen molar-refractivity contribution >= 4 is 11.6 Å². The summed E-state index contributed by atoms with van der Waals surface area (Å²) in [5.41, 5.74) is 2.16. The molecule has 0 aromatic carbocycles. The maximum atomic E-state index is 13.1. The number of carbonyl (C=O) groups is 2. The van der Waals surface area contributed by atoms with E-state index < -0.39 is 0 Å². The molecule has 1 aliphatic carbocycles. The van der Waals surface area contributed by atoms with Crippen LogP contribution < -0.4 is 10.6 Å². The van der Waals surface area contributed by atoms with E-state index in [0.717, 1.165) is 65.0 Å². The molecule has 0 aromatic rings. The Morgan fingerprint density at radius 2 is 1.12 bits per heavy atom. The normalized spacial score (nSPS) is 20.1. The van der Waals surface area contributed by atoms with Crippen LogP contribution in [0, 0.1) is 0 Å². The van der Waals surface area contributed by atoms with E-state index in [9.17, 15) is 9.59 Å². The lowest BCUT2D eigenvalue weighted by Crippen LogP contribution is -2.40. The van der Waals surface area contributed by atoms with Gasteiger partial charge < -0.3 is 20.4 Å². The summed E-state index contributed by atoms with van der Waals surface area (Å²) in [6.07, 6.45) is 4.09. The number of Topliss-reactive ketones (excluding diaryl/α,β-unsaturated/α-hetero) is 2. The van der Waals surface area contributed by atoms with Gasteiger partial charge in [-0.05, 0) is 12.8 Å². The molecule has 0 unspecified atom stereocenters. The van der Waals surface area contributed by atoms with Gasteiger partial charge in [0.2, 0.25) is 11.6 Å². The van der Waals surface area contributed by atoms with Crippen molar-refractivity contribution in [3.8, 4) is 0 Å². The minimum absolute atomic E-state index is 0.0240. The number of nitrogens with one attached hydrogen (secondary N) is 2. The minimum Gasteiger partial charge on any atom is -0.380 e. The lowest BCUT2D eigenvalue weighted by Gasteiger charge is -2.26. The van der Waals surface area contributed by atoms with Crippen LogP contribution in [0.25, 0.3) is 0 Å². The second-order valence-corrected chi connectivity index (χ2v) is 6.64. The Morgan fingerprint density at radius 3 is 1.42 bits per heavy atom. The summed E-state index contributed by atoms with van der Waals surface area (Å²) in [5.74, 6) is -0.0480. The summed E-state index contributed by atoms with van der Waals surface area (Å²) in [4.78, 5) is 30.2. The molecule has 2 aliphatic heterocycles. The van der Waals surface area contributed by atoms with Crippen molar-refractivity contribution in [3.63, 3.8) is 0 Å². The molecule has 24 heavy (non-hydrogen) atoms. The number of nitrogens with zero attached hydrogens (tertiary/aromatic N) is 2. The molecule has 2 saturated heterocycles. The molecule has 0 spiro atoms. The Labute approximate surface area is 143 Å². The monoisotopic (exact) mass is 332 g/mol. The zero-order valence-corrected chi connectivity index (χ0v) is 14.8. The Balaban J connectivity index is 1.88. The molecule has 132 valence electrons. The van der Waals surface area contributed by atoms with E-state index in [0.29, 0.717) is 22.8 Å². The molecule has 6 nitrogen and oxygen atoms in total. The molecule has 2 N–H and O–H groups in total. The molecular formula is C18H28N4O2. The van der Waals surface area contributed by atoms with Crippen LogP contribution in [0.2, 0.25) is 0 Å². The Kier molecular flexibility index (Phi) is 5.11. The van der Waals surface area contributed by atoms with Gasteiger partial charge in [-0.3, -0.25) is 9.59 Å². The predicted octanol–water partition coefficient (Wildman–Crippen LogP) is 0.972. The fourth-order valence-electron chi connectivity index (χ4n) is 2.94. The van der Waals surface area contributed by atoms with Crippen LogP contribution >= 0.6 is 0 Å². The van der Waals surface area contributed by atoms with E-state index in [1.807, 2.05) is 9.80 Å². The highest BCUT2D eigenvalue weighted by Crippen LogP contribution is 2.32. The topological polar surface area (TPSA) is 64.2 Å². The Hall–Kier alpha value is -1.98. The van der Waals surface area contributed by atoms with Gasteiger partial charge >= 0.3 is 0 Å². The van der Waals surface area contributed by atoms with Crippen LogP contribution in [0.3, 0.4) is 0 Å². The molecule has 3 rings (SSSR count). The van der Waals surface area contributed by atoms with Crippen molar-refractivity contribution in [2.24, 2.45) is 0 Å². The van der Waals surface area contributed by atoms with Gasteiger partial charge in [0.15, 0.2) is 0 Å². The van der Waals surface area contributed by atoms with E-state index in [-0.39, 0.29) is 11.6 Å². The zero-order chi connectivity index (χ0) is 17.1. The highest BCUT2D eigenvalue weighted by molar-refractivity contribution is 6.24. The largest absolute Gasteiger partial charge is 0.380 e. The fourth-order valence-corrected chi connectivity index (χ4v) is 2.94. The first-order chi connectivity index (χ1) is 11.7. The van der Waals surface area contributed by atoms with Crippen molar-refractivity contribution in [3.05, 3.63) is 22.8 Å². The highest BCUT2D eigenvalue weighted by atomic mass is 16.1. The number of unbranched alkanes of at least 4 members (excludes halogenated alkanes) is 2. The Bertz CT molecular complexity index is 534. The van der Waals surface area contributed by atoms with Gasteiger partial charge in [0.05, 0.1) is 0 Å². The molecule has 0 bridgehead atoms. The number of ketones is 2. The molecule has 0 saturated carbocycles. The summed E-state index contributed by atoms with van der Waals surface area (Å²) in [7, 11) is 0. The van der Waals surface area contributed by atoms with Crippen LogP contribution in [0.15, 0.2) is 22.8 Å². The van der Waals surface area contributed by atoms with Crippen molar-refractivity contribution in [1.82, 2.24) is 20.4 Å². The lowest BCUT2D eigenvalue weighted by molar-refractivity contribution is -0.118. The molecule has 0 aromatic heterocycles. The summed E-state index contributed by atoms with van der Waals surface area (Å²) in [6.45, 7) is 9.12. The molecule has 0 atom stereocenters. The average molecular weight is 332 g/mol.